The van der Waals surface area contributed by atoms with Crippen molar-refractivity contribution < 1.29 is 48.4 Å². The van der Waals surface area contributed by atoms with E-state index in [0.29, 0.717) is 0 Å². The zero-order chi connectivity index (χ0) is 22.5. The van der Waals surface area contributed by atoms with Gasteiger partial charge in [-0.15, -0.1) is 20.2 Å². The van der Waals surface area contributed by atoms with Crippen LogP contribution in [0.5, 0.6) is 5.75 Å². The summed E-state index contributed by atoms with van der Waals surface area (Å²) >= 11 is 0. The third-order valence-electron chi connectivity index (χ3n) is 3.28. The van der Waals surface area contributed by atoms with E-state index in [-0.39, 0.29) is 30.6 Å². The third-order valence-corrected chi connectivity index (χ3v) is 3.28. The van der Waals surface area contributed by atoms with Crippen molar-refractivity contribution in [1.29, 1.82) is 0 Å². The molecule has 0 fully saturated rings. The second-order valence-corrected chi connectivity index (χ2v) is 5.52. The van der Waals surface area contributed by atoms with Crippen molar-refractivity contribution in [2.45, 2.75) is 32.3 Å². The molecule has 1 rings (SSSR count). The molecule has 1 aromatic rings. The van der Waals surface area contributed by atoms with Crippen molar-refractivity contribution >= 4 is 17.9 Å². The lowest BCUT2D eigenvalue weighted by Gasteiger charge is -2.13. The SMILES string of the molecule is CC(=O)Oc1ccccc1C(=O)OCOC(=O)CCCC(CO[N+](=O)[O-])O[N+](=O)[O-]. The molecule has 0 aromatic heterocycles. The van der Waals surface area contributed by atoms with Gasteiger partial charge >= 0.3 is 17.9 Å². The van der Waals surface area contributed by atoms with Gasteiger partial charge in [-0.25, -0.2) is 4.79 Å². The zero-order valence-corrected chi connectivity index (χ0v) is 15.7. The second-order valence-electron chi connectivity index (χ2n) is 5.52. The zero-order valence-electron chi connectivity index (χ0n) is 15.7. The molecule has 0 N–H and O–H groups in total. The molecule has 0 heterocycles. The van der Waals surface area contributed by atoms with Gasteiger partial charge in [0.25, 0.3) is 10.2 Å². The third kappa shape index (κ3) is 9.82. The van der Waals surface area contributed by atoms with Gasteiger partial charge < -0.3 is 23.9 Å². The average Bonchev–Trinajstić information content (AvgIpc) is 2.65. The van der Waals surface area contributed by atoms with Crippen LogP contribution in [-0.2, 0) is 28.7 Å². The minimum atomic E-state index is -1.24. The number of para-hydroxylation sites is 1. The molecular formula is C16H18N2O12. The summed E-state index contributed by atoms with van der Waals surface area (Å²) in [6, 6.07) is 5.80. The average molecular weight is 430 g/mol. The first-order valence-electron chi connectivity index (χ1n) is 8.37. The summed E-state index contributed by atoms with van der Waals surface area (Å²) in [5.74, 6) is -2.33. The Kier molecular flexibility index (Phi) is 10.0. The first-order valence-corrected chi connectivity index (χ1v) is 8.37. The Bertz CT molecular complexity index is 781. The highest BCUT2D eigenvalue weighted by Crippen LogP contribution is 2.19. The van der Waals surface area contributed by atoms with Gasteiger partial charge in [0.1, 0.15) is 24.0 Å². The van der Waals surface area contributed by atoms with E-state index in [1.165, 1.54) is 18.2 Å². The summed E-state index contributed by atoms with van der Waals surface area (Å²) in [6.07, 6.45) is -1.53. The van der Waals surface area contributed by atoms with E-state index in [4.69, 9.17) is 14.2 Å². The van der Waals surface area contributed by atoms with E-state index in [0.717, 1.165) is 6.92 Å². The van der Waals surface area contributed by atoms with Crippen LogP contribution < -0.4 is 4.74 Å². The van der Waals surface area contributed by atoms with Crippen molar-refractivity contribution in [3.63, 3.8) is 0 Å². The molecule has 1 unspecified atom stereocenters. The van der Waals surface area contributed by atoms with E-state index in [1.807, 2.05) is 0 Å². The Hall–Kier alpha value is -3.97. The maximum Gasteiger partial charge on any atom is 0.344 e. The Morgan fingerprint density at radius 1 is 1.07 bits per heavy atom. The van der Waals surface area contributed by atoms with E-state index in [1.54, 1.807) is 6.07 Å². The van der Waals surface area contributed by atoms with E-state index < -0.39 is 47.6 Å². The fourth-order valence-electron chi connectivity index (χ4n) is 2.08. The van der Waals surface area contributed by atoms with Crippen LogP contribution in [0.3, 0.4) is 0 Å². The smallest absolute Gasteiger partial charge is 0.344 e. The Labute approximate surface area is 168 Å². The quantitative estimate of drug-likeness (QED) is 0.143. The molecule has 0 saturated heterocycles. The molecule has 0 aliphatic rings. The molecule has 1 aromatic carbocycles. The van der Waals surface area contributed by atoms with E-state index in [2.05, 4.69) is 9.68 Å². The van der Waals surface area contributed by atoms with Gasteiger partial charge in [0.15, 0.2) is 0 Å². The summed E-state index contributed by atoms with van der Waals surface area (Å²) in [4.78, 5) is 63.4. The molecule has 14 heteroatoms. The highest BCUT2D eigenvalue weighted by molar-refractivity contribution is 5.93. The topological polar surface area (TPSA) is 184 Å². The van der Waals surface area contributed by atoms with Gasteiger partial charge in [-0.3, -0.25) is 9.59 Å². The van der Waals surface area contributed by atoms with Gasteiger partial charge in [0, 0.05) is 13.3 Å². The first kappa shape index (κ1) is 24.1. The number of rotatable bonds is 13. The standard InChI is InChI=1S/C16H18N2O12/c1-11(19)29-14-7-3-2-6-13(14)16(21)27-10-26-15(20)8-4-5-12(30-18(24)25)9-28-17(22)23/h2-3,6-7,12H,4-5,8-10H2,1H3. The predicted octanol–water partition coefficient (Wildman–Crippen LogP) is 1.22. The van der Waals surface area contributed by atoms with Crippen LogP contribution in [0.15, 0.2) is 24.3 Å². The van der Waals surface area contributed by atoms with Crippen LogP contribution in [0.1, 0.15) is 36.5 Å². The number of hydrogen-bond acceptors (Lipinski definition) is 12. The van der Waals surface area contributed by atoms with Gasteiger partial charge in [0.2, 0.25) is 6.79 Å². The number of nitrogens with zero attached hydrogens (tertiary/aromatic N) is 2. The van der Waals surface area contributed by atoms with Gasteiger partial charge in [-0.1, -0.05) is 12.1 Å². The molecule has 0 radical (unpaired) electrons. The van der Waals surface area contributed by atoms with Gasteiger partial charge in [0.05, 0.1) is 0 Å². The largest absolute Gasteiger partial charge is 0.428 e. The highest BCUT2D eigenvalue weighted by atomic mass is 17.0. The summed E-state index contributed by atoms with van der Waals surface area (Å²) in [6.45, 7) is -0.234. The lowest BCUT2D eigenvalue weighted by atomic mass is 10.1. The molecule has 0 aliphatic carbocycles. The molecule has 1 atom stereocenters. The van der Waals surface area contributed by atoms with Crippen molar-refractivity contribution in [2.24, 2.45) is 0 Å². The number of ether oxygens (including phenoxy) is 3. The Morgan fingerprint density at radius 3 is 2.40 bits per heavy atom. The number of hydrogen-bond donors (Lipinski definition) is 0. The van der Waals surface area contributed by atoms with Crippen molar-refractivity contribution in [1.82, 2.24) is 0 Å². The van der Waals surface area contributed by atoms with Crippen LogP contribution in [0.25, 0.3) is 0 Å². The predicted molar refractivity (Wildman–Crippen MR) is 92.8 cm³/mol. The maximum atomic E-state index is 12.0. The number of esters is 3. The maximum absolute atomic E-state index is 12.0. The monoisotopic (exact) mass is 430 g/mol. The van der Waals surface area contributed by atoms with Crippen molar-refractivity contribution in [3.8, 4) is 5.75 Å². The summed E-state index contributed by atoms with van der Waals surface area (Å²) in [5.41, 5.74) is -0.0469. The van der Waals surface area contributed by atoms with Crippen molar-refractivity contribution in [2.75, 3.05) is 13.4 Å². The van der Waals surface area contributed by atoms with Gasteiger partial charge in [-0.05, 0) is 25.0 Å². The molecule has 0 spiro atoms. The molecule has 0 saturated carbocycles. The van der Waals surface area contributed by atoms with Crippen LogP contribution in [0.4, 0.5) is 0 Å². The molecule has 30 heavy (non-hydrogen) atoms. The minimum absolute atomic E-state index is 0.0184. The molecule has 0 bridgehead atoms. The number of benzene rings is 1. The number of carbonyl (C=O) groups is 3. The van der Waals surface area contributed by atoms with E-state index in [9.17, 15) is 34.6 Å². The molecule has 0 amide bonds. The normalized spacial score (nSPS) is 11.0. The summed E-state index contributed by atoms with van der Waals surface area (Å²) < 4.78 is 14.4. The fraction of sp³-hybridized carbons (Fsp3) is 0.438. The fourth-order valence-corrected chi connectivity index (χ4v) is 2.08. The lowest BCUT2D eigenvalue weighted by molar-refractivity contribution is -0.790. The highest BCUT2D eigenvalue weighted by Gasteiger charge is 2.18. The second kappa shape index (κ2) is 12.5. The van der Waals surface area contributed by atoms with Crippen LogP contribution in [0, 0.1) is 20.2 Å². The van der Waals surface area contributed by atoms with Crippen LogP contribution in [-0.4, -0.2) is 47.6 Å². The molecular weight excluding hydrogens is 412 g/mol. The van der Waals surface area contributed by atoms with Crippen molar-refractivity contribution in [3.05, 3.63) is 50.1 Å². The number of carbonyl (C=O) groups excluding carboxylic acids is 3. The Morgan fingerprint density at radius 2 is 1.77 bits per heavy atom. The lowest BCUT2D eigenvalue weighted by Crippen LogP contribution is -2.25. The first-order chi connectivity index (χ1) is 14.2. The summed E-state index contributed by atoms with van der Waals surface area (Å²) in [7, 11) is 0. The molecule has 14 nitrogen and oxygen atoms in total. The van der Waals surface area contributed by atoms with Gasteiger partial charge in [-0.2, -0.15) is 0 Å². The molecule has 0 aliphatic heterocycles. The van der Waals surface area contributed by atoms with Crippen LogP contribution in [0.2, 0.25) is 0 Å². The van der Waals surface area contributed by atoms with Crippen LogP contribution >= 0.6 is 0 Å². The Balaban J connectivity index is 2.39. The molecule has 164 valence electrons. The minimum Gasteiger partial charge on any atom is -0.428 e. The van der Waals surface area contributed by atoms with E-state index >= 15 is 0 Å². The summed E-state index contributed by atoms with van der Waals surface area (Å²) in [5, 5.41) is 18.2.